The van der Waals surface area contributed by atoms with Crippen molar-refractivity contribution in [1.82, 2.24) is 0 Å². The lowest BCUT2D eigenvalue weighted by molar-refractivity contribution is 0.794. The molecule has 3 nitrogen and oxygen atoms in total. The van der Waals surface area contributed by atoms with E-state index in [1.165, 1.54) is 112 Å². The molecule has 2 aliphatic carbocycles. The highest BCUT2D eigenvalue weighted by atomic mass is 15.2. The lowest BCUT2D eigenvalue weighted by atomic mass is 9.33. The van der Waals surface area contributed by atoms with E-state index in [4.69, 9.17) is 0 Å². The van der Waals surface area contributed by atoms with E-state index in [2.05, 4.69) is 260 Å². The quantitative estimate of drug-likeness (QED) is 0.160. The van der Waals surface area contributed by atoms with Crippen LogP contribution in [-0.4, -0.2) is 6.71 Å². The second-order valence-electron chi connectivity index (χ2n) is 19.1. The van der Waals surface area contributed by atoms with Crippen LogP contribution in [0, 0.1) is 20.8 Å². The van der Waals surface area contributed by atoms with Crippen LogP contribution >= 0.6 is 0 Å². The molecule has 0 N–H and O–H groups in total. The molecule has 1 spiro atoms. The van der Waals surface area contributed by atoms with Gasteiger partial charge in [-0.05, 0) is 161 Å². The maximum absolute atomic E-state index is 2.61. The van der Waals surface area contributed by atoms with Crippen molar-refractivity contribution in [3.63, 3.8) is 0 Å². The average Bonchev–Trinajstić information content (AvgIpc) is 3.84. The molecule has 4 heteroatoms. The zero-order valence-corrected chi connectivity index (χ0v) is 38.3. The van der Waals surface area contributed by atoms with Crippen molar-refractivity contribution >= 4 is 74.3 Å². The Hall–Kier alpha value is -8.34. The summed E-state index contributed by atoms with van der Waals surface area (Å²) in [7, 11) is 0. The molecule has 2 aliphatic heterocycles. The molecule has 0 fully saturated rings. The second kappa shape index (κ2) is 14.6. The number of nitrogens with zero attached hydrogens (tertiary/aromatic N) is 3. The van der Waals surface area contributed by atoms with Gasteiger partial charge >= 0.3 is 0 Å². The molecule has 0 bridgehead atoms. The molecule has 10 aromatic rings. The Morgan fingerprint density at radius 3 is 1.60 bits per heavy atom. The second-order valence-corrected chi connectivity index (χ2v) is 19.1. The Kier molecular flexibility index (Phi) is 8.34. The van der Waals surface area contributed by atoms with E-state index in [9.17, 15) is 0 Å². The largest absolute Gasteiger partial charge is 0.311 e. The summed E-state index contributed by atoms with van der Waals surface area (Å²) in [6, 6.07) is 84.4. The van der Waals surface area contributed by atoms with E-state index < -0.39 is 5.41 Å². The highest BCUT2D eigenvalue weighted by Gasteiger charge is 2.54. The lowest BCUT2D eigenvalue weighted by Gasteiger charge is -2.45. The molecule has 4 aliphatic rings. The summed E-state index contributed by atoms with van der Waals surface area (Å²) >= 11 is 0. The monoisotopic (exact) mass is 867 g/mol. The number of hydrogen-bond acceptors (Lipinski definition) is 3. The third-order valence-electron chi connectivity index (χ3n) is 15.2. The van der Waals surface area contributed by atoms with E-state index in [1.807, 2.05) is 0 Å². The number of fused-ring (bicyclic) bond motifs is 14. The van der Waals surface area contributed by atoms with Crippen LogP contribution in [0.5, 0.6) is 0 Å². The van der Waals surface area contributed by atoms with E-state index in [0.29, 0.717) is 0 Å². The predicted octanol–water partition coefficient (Wildman–Crippen LogP) is 14.5. The van der Waals surface area contributed by atoms with Gasteiger partial charge in [0.2, 0.25) is 0 Å². The summed E-state index contributed by atoms with van der Waals surface area (Å²) in [6.07, 6.45) is 0. The van der Waals surface area contributed by atoms with Gasteiger partial charge in [-0.1, -0.05) is 157 Å². The Bertz CT molecular complexity index is 3640. The zero-order chi connectivity index (χ0) is 45.3. The number of aryl methyl sites for hydroxylation is 3. The number of benzene rings is 10. The molecular formula is C64H46BN3. The number of anilines is 9. The van der Waals surface area contributed by atoms with Crippen LogP contribution in [0.15, 0.2) is 224 Å². The third-order valence-corrected chi connectivity index (χ3v) is 15.2. The minimum atomic E-state index is -0.578. The molecule has 0 amide bonds. The molecule has 0 saturated carbocycles. The molecule has 1 atom stereocenters. The van der Waals surface area contributed by atoms with Crippen molar-refractivity contribution in [2.45, 2.75) is 26.2 Å². The summed E-state index contributed by atoms with van der Waals surface area (Å²) in [4.78, 5) is 7.54. The summed E-state index contributed by atoms with van der Waals surface area (Å²) < 4.78 is 0. The first-order valence-corrected chi connectivity index (χ1v) is 23.9. The summed E-state index contributed by atoms with van der Waals surface area (Å²) in [6.45, 7) is 6.67. The van der Waals surface area contributed by atoms with Gasteiger partial charge in [0.05, 0.1) is 11.1 Å². The zero-order valence-electron chi connectivity index (χ0n) is 38.3. The van der Waals surface area contributed by atoms with Gasteiger partial charge in [0.1, 0.15) is 0 Å². The van der Waals surface area contributed by atoms with E-state index in [0.717, 1.165) is 17.1 Å². The van der Waals surface area contributed by atoms with Crippen LogP contribution in [0.25, 0.3) is 22.3 Å². The van der Waals surface area contributed by atoms with Crippen molar-refractivity contribution in [2.24, 2.45) is 0 Å². The van der Waals surface area contributed by atoms with Crippen molar-refractivity contribution in [3.05, 3.63) is 263 Å². The molecule has 1 unspecified atom stereocenters. The first-order chi connectivity index (χ1) is 33.5. The third kappa shape index (κ3) is 5.31. The minimum absolute atomic E-state index is 0.00114. The minimum Gasteiger partial charge on any atom is -0.311 e. The Morgan fingerprint density at radius 1 is 0.368 bits per heavy atom. The van der Waals surface area contributed by atoms with Gasteiger partial charge in [0.25, 0.3) is 6.71 Å². The topological polar surface area (TPSA) is 9.72 Å². The Balaban J connectivity index is 1.08. The fraction of sp³-hybridized carbons (Fsp3) is 0.0625. The molecule has 0 radical (unpaired) electrons. The van der Waals surface area contributed by atoms with Gasteiger partial charge < -0.3 is 14.7 Å². The average molecular weight is 868 g/mol. The first-order valence-electron chi connectivity index (χ1n) is 23.9. The number of hydrogen-bond donors (Lipinski definition) is 0. The van der Waals surface area contributed by atoms with Gasteiger partial charge in [-0.3, -0.25) is 0 Å². The van der Waals surface area contributed by atoms with Gasteiger partial charge in [0.15, 0.2) is 0 Å². The standard InChI is InChI=1S/C64H46BN3/c1-41-30-33-47(34-31-41)67-57-35-32-42(2)36-55(57)65-56-39-50-48-24-13-15-26-51(48)64(54(50)40-59(56)68(46-22-11-6-12-23-46)61-38-43(3)37-60(67)63(61)65)52-27-16-14-25-49(52)62-53(64)28-17-29-58(62)66(44-18-7-4-8-19-44)45-20-9-5-10-21-45/h4-40H,1-3H3. The molecular weight excluding hydrogens is 822 g/mol. The fourth-order valence-corrected chi connectivity index (χ4v) is 12.5. The van der Waals surface area contributed by atoms with Crippen LogP contribution in [0.2, 0.25) is 0 Å². The van der Waals surface area contributed by atoms with Crippen molar-refractivity contribution in [2.75, 3.05) is 14.7 Å². The highest BCUT2D eigenvalue weighted by molar-refractivity contribution is 7.00. The van der Waals surface area contributed by atoms with Crippen molar-refractivity contribution in [1.29, 1.82) is 0 Å². The Labute approximate surface area is 398 Å². The molecule has 0 saturated heterocycles. The molecule has 10 aromatic carbocycles. The van der Waals surface area contributed by atoms with Gasteiger partial charge in [-0.15, -0.1) is 0 Å². The maximum atomic E-state index is 2.61. The molecule has 320 valence electrons. The number of rotatable bonds is 5. The van der Waals surface area contributed by atoms with E-state index in [1.54, 1.807) is 0 Å². The van der Waals surface area contributed by atoms with E-state index >= 15 is 0 Å². The van der Waals surface area contributed by atoms with Crippen molar-refractivity contribution < 1.29 is 0 Å². The first kappa shape index (κ1) is 38.9. The van der Waals surface area contributed by atoms with Crippen LogP contribution in [0.3, 0.4) is 0 Å². The normalized spacial score (nSPS) is 15.2. The maximum Gasteiger partial charge on any atom is 0.252 e. The Morgan fingerprint density at radius 2 is 0.912 bits per heavy atom. The van der Waals surface area contributed by atoms with Gasteiger partial charge in [-0.2, -0.15) is 0 Å². The highest BCUT2D eigenvalue weighted by Crippen LogP contribution is 2.65. The summed E-state index contributed by atoms with van der Waals surface area (Å²) in [5, 5.41) is 0. The lowest BCUT2D eigenvalue weighted by Crippen LogP contribution is -2.61. The summed E-state index contributed by atoms with van der Waals surface area (Å²) in [5.74, 6) is 0. The van der Waals surface area contributed by atoms with Crippen LogP contribution < -0.4 is 31.1 Å². The van der Waals surface area contributed by atoms with Crippen LogP contribution in [-0.2, 0) is 5.41 Å². The fourth-order valence-electron chi connectivity index (χ4n) is 12.5. The molecule has 14 rings (SSSR count). The SMILES string of the molecule is Cc1ccc(N2c3ccc(C)cc3B3c4cc5c(cc4N(c4ccccc4)c4cc(C)cc2c43)C2(c3ccccc3-5)c3ccccc3-c3c(N(c4ccccc4)c4ccccc4)cccc32)cc1. The van der Waals surface area contributed by atoms with E-state index in [-0.39, 0.29) is 6.71 Å². The smallest absolute Gasteiger partial charge is 0.252 e. The van der Waals surface area contributed by atoms with Gasteiger partial charge in [0, 0.05) is 51.1 Å². The van der Waals surface area contributed by atoms with Crippen LogP contribution in [0.1, 0.15) is 38.9 Å². The molecule has 0 aromatic heterocycles. The van der Waals surface area contributed by atoms with Crippen LogP contribution in [0.4, 0.5) is 51.2 Å². The summed E-state index contributed by atoms with van der Waals surface area (Å²) in [5.41, 5.74) is 28.3. The predicted molar refractivity (Wildman–Crippen MR) is 286 cm³/mol. The number of para-hydroxylation sites is 3. The molecule has 68 heavy (non-hydrogen) atoms. The molecule has 2 heterocycles. The van der Waals surface area contributed by atoms with Gasteiger partial charge in [-0.25, -0.2) is 0 Å². The van der Waals surface area contributed by atoms with Crippen molar-refractivity contribution in [3.8, 4) is 22.3 Å².